The molecule has 0 aromatic heterocycles. The first-order valence-electron chi connectivity index (χ1n) is 6.06. The van der Waals surface area contributed by atoms with E-state index < -0.39 is 0 Å². The first-order chi connectivity index (χ1) is 8.54. The molecule has 0 fully saturated rings. The van der Waals surface area contributed by atoms with Gasteiger partial charge in [-0.15, -0.1) is 0 Å². The second-order valence-corrected chi connectivity index (χ2v) is 5.05. The molecule has 18 heavy (non-hydrogen) atoms. The third-order valence-corrected chi connectivity index (χ3v) is 3.49. The zero-order valence-corrected chi connectivity index (χ0v) is 11.5. The Kier molecular flexibility index (Phi) is 3.78. The highest BCUT2D eigenvalue weighted by Gasteiger charge is 2.24. The van der Waals surface area contributed by atoms with E-state index in [0.717, 1.165) is 29.9 Å². The van der Waals surface area contributed by atoms with E-state index in [2.05, 4.69) is 4.90 Å². The van der Waals surface area contributed by atoms with Gasteiger partial charge in [0.15, 0.2) is 0 Å². The van der Waals surface area contributed by atoms with Crippen LogP contribution in [0.3, 0.4) is 0 Å². The first-order valence-corrected chi connectivity index (χ1v) is 6.44. The largest absolute Gasteiger partial charge is 0.373 e. The zero-order chi connectivity index (χ0) is 13.3. The molecule has 2 rings (SSSR count). The summed E-state index contributed by atoms with van der Waals surface area (Å²) in [6, 6.07) is 3.77. The van der Waals surface area contributed by atoms with E-state index in [1.165, 1.54) is 0 Å². The molecular formula is C13H18ClN3O. The van der Waals surface area contributed by atoms with Crippen LogP contribution in [0.1, 0.15) is 12.0 Å². The van der Waals surface area contributed by atoms with E-state index >= 15 is 0 Å². The number of hydrogen-bond donors (Lipinski definition) is 1. The third-order valence-electron chi connectivity index (χ3n) is 3.27. The van der Waals surface area contributed by atoms with Gasteiger partial charge in [0, 0.05) is 25.2 Å². The molecule has 1 amide bonds. The molecule has 0 aliphatic carbocycles. The first kappa shape index (κ1) is 13.2. The molecule has 1 aromatic rings. The molecule has 2 N–H and O–H groups in total. The Bertz CT molecular complexity index is 476. The predicted octanol–water partition coefficient (Wildman–Crippen LogP) is 1.78. The van der Waals surface area contributed by atoms with Crippen LogP contribution in [0.4, 0.5) is 11.4 Å². The molecule has 0 unspecified atom stereocenters. The van der Waals surface area contributed by atoms with Crippen molar-refractivity contribution in [2.45, 2.75) is 13.3 Å². The van der Waals surface area contributed by atoms with Crippen LogP contribution in [-0.4, -0.2) is 32.6 Å². The third kappa shape index (κ3) is 2.31. The van der Waals surface area contributed by atoms with Crippen LogP contribution in [0.5, 0.6) is 0 Å². The molecule has 5 heteroatoms. The van der Waals surface area contributed by atoms with Gasteiger partial charge in [0.1, 0.15) is 0 Å². The Labute approximate surface area is 112 Å². The number of anilines is 2. The van der Waals surface area contributed by atoms with E-state index in [-0.39, 0.29) is 12.5 Å². The fourth-order valence-electron chi connectivity index (χ4n) is 2.49. The standard InChI is InChI=1S/C13H18ClN3O/c1-9-6-10(14)7-11-13(9)16(2)4-3-5-17(11)12(18)8-15/h6-7H,3-5,8,15H2,1-2H3. The summed E-state index contributed by atoms with van der Waals surface area (Å²) < 4.78 is 0. The maximum atomic E-state index is 12.0. The van der Waals surface area contributed by atoms with Crippen LogP contribution < -0.4 is 15.5 Å². The SMILES string of the molecule is Cc1cc(Cl)cc2c1N(C)CCCN2C(=O)CN. The number of benzene rings is 1. The number of hydrogen-bond acceptors (Lipinski definition) is 3. The van der Waals surface area contributed by atoms with Gasteiger partial charge < -0.3 is 15.5 Å². The summed E-state index contributed by atoms with van der Waals surface area (Å²) in [5.41, 5.74) is 8.50. The Hall–Kier alpha value is -1.26. The van der Waals surface area contributed by atoms with Crippen molar-refractivity contribution >= 4 is 28.9 Å². The fourth-order valence-corrected chi connectivity index (χ4v) is 2.75. The summed E-state index contributed by atoms with van der Waals surface area (Å²) in [6.07, 6.45) is 0.925. The summed E-state index contributed by atoms with van der Waals surface area (Å²) in [4.78, 5) is 15.9. The maximum absolute atomic E-state index is 12.0. The van der Waals surface area contributed by atoms with Gasteiger partial charge in [-0.3, -0.25) is 4.79 Å². The van der Waals surface area contributed by atoms with E-state index in [1.807, 2.05) is 26.1 Å². The van der Waals surface area contributed by atoms with E-state index in [9.17, 15) is 4.79 Å². The number of halogens is 1. The number of rotatable bonds is 1. The molecule has 0 radical (unpaired) electrons. The normalized spacial score (nSPS) is 15.3. The van der Waals surface area contributed by atoms with E-state index in [1.54, 1.807) is 4.90 Å². The van der Waals surface area contributed by atoms with Crippen molar-refractivity contribution < 1.29 is 4.79 Å². The Balaban J connectivity index is 2.57. The van der Waals surface area contributed by atoms with Crippen LogP contribution in [0, 0.1) is 6.92 Å². The molecule has 0 spiro atoms. The average Bonchev–Trinajstić information content (AvgIpc) is 2.47. The highest BCUT2D eigenvalue weighted by Crippen LogP contribution is 2.37. The van der Waals surface area contributed by atoms with Crippen molar-refractivity contribution in [3.05, 3.63) is 22.7 Å². The summed E-state index contributed by atoms with van der Waals surface area (Å²) in [7, 11) is 2.04. The van der Waals surface area contributed by atoms with Gasteiger partial charge in [0.2, 0.25) is 5.91 Å². The number of carbonyl (C=O) groups excluding carboxylic acids is 1. The molecule has 0 bridgehead atoms. The number of aryl methyl sites for hydroxylation is 1. The van der Waals surface area contributed by atoms with Crippen LogP contribution in [0.25, 0.3) is 0 Å². The Morgan fingerprint density at radius 1 is 1.44 bits per heavy atom. The fraction of sp³-hybridized carbons (Fsp3) is 0.462. The number of nitrogens with two attached hydrogens (primary N) is 1. The summed E-state index contributed by atoms with van der Waals surface area (Å²) in [6.45, 7) is 3.64. The molecule has 0 atom stereocenters. The smallest absolute Gasteiger partial charge is 0.240 e. The molecule has 98 valence electrons. The van der Waals surface area contributed by atoms with Gasteiger partial charge in [0.25, 0.3) is 0 Å². The molecule has 1 aliphatic rings. The molecule has 1 heterocycles. The van der Waals surface area contributed by atoms with Gasteiger partial charge in [-0.1, -0.05) is 11.6 Å². The van der Waals surface area contributed by atoms with Crippen molar-refractivity contribution in [2.75, 3.05) is 36.5 Å². The minimum absolute atomic E-state index is 0.0225. The number of fused-ring (bicyclic) bond motifs is 1. The predicted molar refractivity (Wildman–Crippen MR) is 75.5 cm³/mol. The van der Waals surface area contributed by atoms with Gasteiger partial charge in [0.05, 0.1) is 17.9 Å². The molecule has 0 saturated carbocycles. The summed E-state index contributed by atoms with van der Waals surface area (Å²) >= 11 is 6.11. The van der Waals surface area contributed by atoms with Crippen molar-refractivity contribution in [1.82, 2.24) is 0 Å². The lowest BCUT2D eigenvalue weighted by Crippen LogP contribution is -2.36. The highest BCUT2D eigenvalue weighted by molar-refractivity contribution is 6.31. The minimum Gasteiger partial charge on any atom is -0.373 e. The van der Waals surface area contributed by atoms with Crippen molar-refractivity contribution in [2.24, 2.45) is 5.73 Å². The van der Waals surface area contributed by atoms with Gasteiger partial charge in [-0.25, -0.2) is 0 Å². The van der Waals surface area contributed by atoms with Gasteiger partial charge >= 0.3 is 0 Å². The second kappa shape index (κ2) is 5.16. The molecular weight excluding hydrogens is 250 g/mol. The summed E-state index contributed by atoms with van der Waals surface area (Å²) in [5, 5.41) is 0.649. The maximum Gasteiger partial charge on any atom is 0.240 e. The lowest BCUT2D eigenvalue weighted by molar-refractivity contribution is -0.117. The van der Waals surface area contributed by atoms with Crippen molar-refractivity contribution in [3.63, 3.8) is 0 Å². The van der Waals surface area contributed by atoms with Crippen LogP contribution >= 0.6 is 11.6 Å². The molecule has 4 nitrogen and oxygen atoms in total. The quantitative estimate of drug-likeness (QED) is 0.844. The number of amides is 1. The van der Waals surface area contributed by atoms with E-state index in [4.69, 9.17) is 17.3 Å². The highest BCUT2D eigenvalue weighted by atomic mass is 35.5. The number of nitrogens with zero attached hydrogens (tertiary/aromatic N) is 2. The lowest BCUT2D eigenvalue weighted by atomic mass is 10.1. The topological polar surface area (TPSA) is 49.6 Å². The Morgan fingerprint density at radius 3 is 2.83 bits per heavy atom. The molecule has 0 saturated heterocycles. The minimum atomic E-state index is -0.0618. The average molecular weight is 268 g/mol. The van der Waals surface area contributed by atoms with Crippen LogP contribution in [0.15, 0.2) is 12.1 Å². The second-order valence-electron chi connectivity index (χ2n) is 4.62. The lowest BCUT2D eigenvalue weighted by Gasteiger charge is -2.26. The van der Waals surface area contributed by atoms with Gasteiger partial charge in [-0.2, -0.15) is 0 Å². The zero-order valence-electron chi connectivity index (χ0n) is 10.7. The van der Waals surface area contributed by atoms with Crippen molar-refractivity contribution in [3.8, 4) is 0 Å². The Morgan fingerprint density at radius 2 is 2.17 bits per heavy atom. The molecule has 1 aromatic carbocycles. The summed E-state index contributed by atoms with van der Waals surface area (Å²) in [5.74, 6) is -0.0618. The van der Waals surface area contributed by atoms with Gasteiger partial charge in [-0.05, 0) is 31.0 Å². The van der Waals surface area contributed by atoms with Crippen LogP contribution in [-0.2, 0) is 4.79 Å². The van der Waals surface area contributed by atoms with Crippen LogP contribution in [0.2, 0.25) is 5.02 Å². The van der Waals surface area contributed by atoms with E-state index in [0.29, 0.717) is 11.6 Å². The number of carbonyl (C=O) groups is 1. The monoisotopic (exact) mass is 267 g/mol. The van der Waals surface area contributed by atoms with Crippen molar-refractivity contribution in [1.29, 1.82) is 0 Å². The molecule has 1 aliphatic heterocycles.